The van der Waals surface area contributed by atoms with Crippen LogP contribution in [-0.2, 0) is 21.0 Å². The molecule has 178 valence electrons. The van der Waals surface area contributed by atoms with Crippen molar-refractivity contribution in [3.8, 4) is 0 Å². The summed E-state index contributed by atoms with van der Waals surface area (Å²) in [5, 5.41) is -0.120. The molecule has 4 rings (SSSR count). The van der Waals surface area contributed by atoms with Crippen molar-refractivity contribution in [2.45, 2.75) is 45.7 Å². The number of nitrogens with zero attached hydrogens (tertiary/aromatic N) is 3. The molecule has 3 fully saturated rings. The minimum atomic E-state index is -4.54. The van der Waals surface area contributed by atoms with Crippen LogP contribution in [0.4, 0.5) is 19.0 Å². The molecule has 1 aromatic heterocycles. The summed E-state index contributed by atoms with van der Waals surface area (Å²) in [7, 11) is -3.70. The number of fused-ring (bicyclic) bond motifs is 2. The number of pyridine rings is 1. The maximum Gasteiger partial charge on any atom is 0.417 e. The van der Waals surface area contributed by atoms with E-state index >= 15 is 0 Å². The zero-order chi connectivity index (χ0) is 23.5. The number of hydrogen-bond donors (Lipinski definition) is 0. The van der Waals surface area contributed by atoms with Gasteiger partial charge in [-0.05, 0) is 36.7 Å². The third kappa shape index (κ3) is 3.81. The summed E-state index contributed by atoms with van der Waals surface area (Å²) in [6.07, 6.45) is -1.39. The number of carbonyl (C=O) groups is 1. The van der Waals surface area contributed by atoms with Crippen LogP contribution in [0.15, 0.2) is 12.3 Å². The van der Waals surface area contributed by atoms with E-state index in [1.165, 1.54) is 4.31 Å². The summed E-state index contributed by atoms with van der Waals surface area (Å²) in [5.74, 6) is 0.321. The smallest absolute Gasteiger partial charge is 0.354 e. The van der Waals surface area contributed by atoms with Crippen molar-refractivity contribution in [3.63, 3.8) is 0 Å². The van der Waals surface area contributed by atoms with Crippen molar-refractivity contribution in [1.29, 1.82) is 0 Å². The minimum Gasteiger partial charge on any atom is -0.354 e. The van der Waals surface area contributed by atoms with Crippen LogP contribution in [0.3, 0.4) is 0 Å². The number of hydrogen-bond acceptors (Lipinski definition) is 5. The predicted octanol–water partition coefficient (Wildman–Crippen LogP) is 3.99. The largest absolute Gasteiger partial charge is 0.417 e. The minimum absolute atomic E-state index is 0.0551. The fraction of sp³-hybridized carbons (Fsp3) is 0.714. The number of halogens is 4. The molecule has 2 unspecified atom stereocenters. The molecular weight excluding hydrogens is 467 g/mol. The molecule has 0 amide bonds. The van der Waals surface area contributed by atoms with Gasteiger partial charge in [-0.1, -0.05) is 25.4 Å². The topological polar surface area (TPSA) is 70.6 Å². The zero-order valence-electron chi connectivity index (χ0n) is 18.1. The predicted molar refractivity (Wildman–Crippen MR) is 115 cm³/mol. The monoisotopic (exact) mass is 493 g/mol. The third-order valence-electron chi connectivity index (χ3n) is 7.86. The maximum atomic E-state index is 13.4. The van der Waals surface area contributed by atoms with Crippen molar-refractivity contribution >= 4 is 33.2 Å². The molecule has 11 heteroatoms. The average Bonchev–Trinajstić information content (AvgIpc) is 2.92. The summed E-state index contributed by atoms with van der Waals surface area (Å²) in [6.45, 7) is 5.13. The first kappa shape index (κ1) is 23.8. The van der Waals surface area contributed by atoms with E-state index in [9.17, 15) is 26.4 Å². The number of sulfonamides is 1. The van der Waals surface area contributed by atoms with Crippen LogP contribution in [0.25, 0.3) is 0 Å². The second kappa shape index (κ2) is 7.84. The van der Waals surface area contributed by atoms with Crippen molar-refractivity contribution in [3.05, 3.63) is 22.8 Å². The fourth-order valence-electron chi connectivity index (χ4n) is 5.71. The van der Waals surface area contributed by atoms with Gasteiger partial charge in [0.2, 0.25) is 10.0 Å². The molecule has 2 atom stereocenters. The Morgan fingerprint density at radius 1 is 1.22 bits per heavy atom. The Morgan fingerprint density at radius 2 is 1.94 bits per heavy atom. The molecule has 2 aliphatic carbocycles. The number of anilines is 1. The van der Waals surface area contributed by atoms with Crippen LogP contribution in [0, 0.1) is 16.7 Å². The second-order valence-electron chi connectivity index (χ2n) is 9.69. The Bertz CT molecular complexity index is 1030. The van der Waals surface area contributed by atoms with Gasteiger partial charge in [-0.25, -0.2) is 17.7 Å². The fourth-order valence-corrected chi connectivity index (χ4v) is 8.25. The second-order valence-corrected chi connectivity index (χ2v) is 12.1. The first-order chi connectivity index (χ1) is 14.8. The maximum absolute atomic E-state index is 13.4. The summed E-state index contributed by atoms with van der Waals surface area (Å²) in [5.41, 5.74) is -2.10. The summed E-state index contributed by atoms with van der Waals surface area (Å²) in [6, 6.07) is 0.840. The molecule has 2 saturated carbocycles. The van der Waals surface area contributed by atoms with Gasteiger partial charge in [-0.2, -0.15) is 13.2 Å². The van der Waals surface area contributed by atoms with Gasteiger partial charge in [-0.15, -0.1) is 0 Å². The Kier molecular flexibility index (Phi) is 5.82. The molecule has 32 heavy (non-hydrogen) atoms. The van der Waals surface area contributed by atoms with E-state index in [1.807, 2.05) is 13.8 Å². The van der Waals surface area contributed by atoms with Crippen LogP contribution >= 0.6 is 11.6 Å². The van der Waals surface area contributed by atoms with Crippen LogP contribution in [0.5, 0.6) is 0 Å². The molecule has 1 saturated heterocycles. The van der Waals surface area contributed by atoms with Crippen molar-refractivity contribution in [2.24, 2.45) is 16.7 Å². The lowest BCUT2D eigenvalue weighted by molar-refractivity contribution is -0.137. The molecule has 6 nitrogen and oxygen atoms in total. The van der Waals surface area contributed by atoms with Crippen LogP contribution < -0.4 is 4.90 Å². The number of Topliss-reactive ketones (excluding diaryl/α,β-unsaturated/α-hetero) is 1. The van der Waals surface area contributed by atoms with E-state index in [0.29, 0.717) is 25.8 Å². The van der Waals surface area contributed by atoms with Crippen molar-refractivity contribution < 1.29 is 26.4 Å². The van der Waals surface area contributed by atoms with Gasteiger partial charge in [0.1, 0.15) is 11.6 Å². The molecule has 2 bridgehead atoms. The van der Waals surface area contributed by atoms with Crippen molar-refractivity contribution in [2.75, 3.05) is 36.8 Å². The van der Waals surface area contributed by atoms with Gasteiger partial charge in [-0.3, -0.25) is 4.79 Å². The van der Waals surface area contributed by atoms with Gasteiger partial charge < -0.3 is 4.90 Å². The average molecular weight is 494 g/mol. The van der Waals surface area contributed by atoms with Gasteiger partial charge >= 0.3 is 6.18 Å². The molecule has 1 aromatic rings. The first-order valence-electron chi connectivity index (χ1n) is 10.8. The normalized spacial score (nSPS) is 28.9. The molecule has 3 aliphatic rings. The van der Waals surface area contributed by atoms with Crippen LogP contribution in [-0.4, -0.2) is 55.4 Å². The van der Waals surface area contributed by atoms with E-state index in [0.717, 1.165) is 18.7 Å². The van der Waals surface area contributed by atoms with Crippen LogP contribution in [0.2, 0.25) is 5.02 Å². The molecule has 2 heterocycles. The van der Waals surface area contributed by atoms with Gasteiger partial charge in [0.25, 0.3) is 0 Å². The summed E-state index contributed by atoms with van der Waals surface area (Å²) >= 11 is 6.08. The Labute approximate surface area is 191 Å². The highest BCUT2D eigenvalue weighted by molar-refractivity contribution is 7.89. The van der Waals surface area contributed by atoms with E-state index in [2.05, 4.69) is 4.98 Å². The number of carbonyl (C=O) groups excluding carboxylic acids is 1. The van der Waals surface area contributed by atoms with E-state index in [4.69, 9.17) is 11.6 Å². The lowest BCUT2D eigenvalue weighted by atomic mass is 9.70. The first-order valence-corrected chi connectivity index (χ1v) is 12.8. The Hall–Kier alpha value is -1.39. The number of alkyl halides is 3. The third-order valence-corrected chi connectivity index (χ3v) is 10.2. The quantitative estimate of drug-likeness (QED) is 0.634. The van der Waals surface area contributed by atoms with Gasteiger partial charge in [0, 0.05) is 44.2 Å². The molecule has 0 aromatic carbocycles. The summed E-state index contributed by atoms with van der Waals surface area (Å²) in [4.78, 5) is 18.4. The summed E-state index contributed by atoms with van der Waals surface area (Å²) < 4.78 is 66.8. The highest BCUT2D eigenvalue weighted by Gasteiger charge is 2.65. The van der Waals surface area contributed by atoms with Gasteiger partial charge in [0.05, 0.1) is 16.3 Å². The lowest BCUT2D eigenvalue weighted by Crippen LogP contribution is -2.47. The van der Waals surface area contributed by atoms with Crippen LogP contribution in [0.1, 0.15) is 45.1 Å². The van der Waals surface area contributed by atoms with Crippen molar-refractivity contribution in [1.82, 2.24) is 9.29 Å². The number of ketones is 1. The zero-order valence-corrected chi connectivity index (χ0v) is 19.7. The lowest BCUT2D eigenvalue weighted by Gasteiger charge is -2.37. The highest BCUT2D eigenvalue weighted by Crippen LogP contribution is 2.64. The molecule has 1 aliphatic heterocycles. The molecule has 0 spiro atoms. The standard InChI is InChI=1S/C21H27ClF3N3O3S/c1-19(2)14-4-5-20(19,17(29)11-14)13-32(30,31)28-7-3-6-27(8-9-28)18-16(22)10-15(12-26-18)21(23,24)25/h10,12,14H,3-9,11,13H2,1-2H3. The number of aromatic nitrogens is 1. The van der Waals surface area contributed by atoms with E-state index in [-0.39, 0.29) is 53.3 Å². The molecule has 0 radical (unpaired) electrons. The van der Waals surface area contributed by atoms with E-state index in [1.54, 1.807) is 4.90 Å². The Balaban J connectivity index is 1.49. The molecule has 0 N–H and O–H groups in total. The highest BCUT2D eigenvalue weighted by atomic mass is 35.5. The number of rotatable bonds is 4. The van der Waals surface area contributed by atoms with E-state index < -0.39 is 27.2 Å². The Morgan fingerprint density at radius 3 is 2.50 bits per heavy atom. The van der Waals surface area contributed by atoms with Gasteiger partial charge in [0.15, 0.2) is 0 Å². The SMILES string of the molecule is CC1(C)C2CCC1(CS(=O)(=O)N1CCCN(c3ncc(C(F)(F)F)cc3Cl)CC1)C(=O)C2. The molecular formula is C21H27ClF3N3O3S.